The van der Waals surface area contributed by atoms with Crippen molar-refractivity contribution in [1.29, 1.82) is 0 Å². The highest BCUT2D eigenvalue weighted by atomic mass is 15.3. The molecule has 14 heavy (non-hydrogen) atoms. The molecule has 3 nitrogen and oxygen atoms in total. The van der Waals surface area contributed by atoms with Gasteiger partial charge in [-0.15, -0.1) is 0 Å². The maximum atomic E-state index is 5.69. The van der Waals surface area contributed by atoms with Crippen LogP contribution in [0.2, 0.25) is 0 Å². The van der Waals surface area contributed by atoms with Gasteiger partial charge in [-0.05, 0) is 18.0 Å². The van der Waals surface area contributed by atoms with Gasteiger partial charge in [0.05, 0.1) is 6.20 Å². The summed E-state index contributed by atoms with van der Waals surface area (Å²) in [5.74, 6) is 0.387. The van der Waals surface area contributed by atoms with Crippen molar-refractivity contribution in [3.8, 4) is 0 Å². The molecule has 0 bridgehead atoms. The van der Waals surface area contributed by atoms with Crippen LogP contribution in [0.15, 0.2) is 6.20 Å². The van der Waals surface area contributed by atoms with E-state index in [1.165, 1.54) is 11.3 Å². The molecule has 3 heteroatoms. The van der Waals surface area contributed by atoms with Crippen molar-refractivity contribution in [3.63, 3.8) is 0 Å². The Balaban J connectivity index is 3.19. The van der Waals surface area contributed by atoms with Gasteiger partial charge in [-0.3, -0.25) is 4.68 Å². The van der Waals surface area contributed by atoms with E-state index in [4.69, 9.17) is 5.73 Å². The Morgan fingerprint density at radius 3 is 2.50 bits per heavy atom. The lowest BCUT2D eigenvalue weighted by Crippen LogP contribution is -2.21. The van der Waals surface area contributed by atoms with Gasteiger partial charge in [-0.1, -0.05) is 27.7 Å². The predicted molar refractivity (Wildman–Crippen MR) is 59.4 cm³/mol. The fourth-order valence-corrected chi connectivity index (χ4v) is 1.86. The molecule has 0 radical (unpaired) electrons. The molecule has 0 saturated carbocycles. The Bertz CT molecular complexity index is 307. The average molecular weight is 195 g/mol. The minimum Gasteiger partial charge on any atom is -0.330 e. The highest BCUT2D eigenvalue weighted by molar-refractivity contribution is 5.28. The molecule has 80 valence electrons. The van der Waals surface area contributed by atoms with Gasteiger partial charge in [-0.2, -0.15) is 5.10 Å². The van der Waals surface area contributed by atoms with Crippen LogP contribution < -0.4 is 5.73 Å². The van der Waals surface area contributed by atoms with Gasteiger partial charge in [0.1, 0.15) is 0 Å². The van der Waals surface area contributed by atoms with Crippen LogP contribution in [0.25, 0.3) is 0 Å². The minimum atomic E-state index is 0.129. The van der Waals surface area contributed by atoms with Gasteiger partial charge in [-0.25, -0.2) is 0 Å². The van der Waals surface area contributed by atoms with E-state index in [0.29, 0.717) is 12.5 Å². The zero-order chi connectivity index (χ0) is 10.9. The lowest BCUT2D eigenvalue weighted by molar-refractivity contribution is 0.513. The topological polar surface area (TPSA) is 43.8 Å². The number of nitrogens with two attached hydrogens (primary N) is 1. The summed E-state index contributed by atoms with van der Waals surface area (Å²) in [5, 5.41) is 4.31. The monoisotopic (exact) mass is 195 g/mol. The molecule has 0 spiro atoms. The molecule has 1 heterocycles. The van der Waals surface area contributed by atoms with Gasteiger partial charge in [0.2, 0.25) is 0 Å². The van der Waals surface area contributed by atoms with E-state index in [0.717, 1.165) is 0 Å². The number of rotatable bonds is 2. The summed E-state index contributed by atoms with van der Waals surface area (Å²) < 4.78 is 1.96. The number of hydrogen-bond donors (Lipinski definition) is 1. The second-order valence-corrected chi connectivity index (χ2v) is 4.96. The Kier molecular flexibility index (Phi) is 3.00. The summed E-state index contributed by atoms with van der Waals surface area (Å²) in [5.41, 5.74) is 8.38. The van der Waals surface area contributed by atoms with Crippen molar-refractivity contribution in [2.24, 2.45) is 12.8 Å². The molecule has 0 saturated heterocycles. The number of aromatic nitrogens is 2. The van der Waals surface area contributed by atoms with Crippen LogP contribution in [0.3, 0.4) is 0 Å². The molecule has 1 aromatic heterocycles. The van der Waals surface area contributed by atoms with Crippen molar-refractivity contribution >= 4 is 0 Å². The van der Waals surface area contributed by atoms with Gasteiger partial charge in [0.15, 0.2) is 0 Å². The SMILES string of the molecule is CC(CN)c1cnn(C)c1C(C)(C)C. The largest absolute Gasteiger partial charge is 0.330 e. The van der Waals surface area contributed by atoms with Crippen LogP contribution in [0.5, 0.6) is 0 Å². The van der Waals surface area contributed by atoms with E-state index < -0.39 is 0 Å². The third kappa shape index (κ3) is 1.98. The summed E-state index contributed by atoms with van der Waals surface area (Å²) in [6.07, 6.45) is 1.94. The second kappa shape index (κ2) is 3.73. The van der Waals surface area contributed by atoms with E-state index >= 15 is 0 Å². The van der Waals surface area contributed by atoms with Crippen LogP contribution in [-0.4, -0.2) is 16.3 Å². The Morgan fingerprint density at radius 2 is 2.07 bits per heavy atom. The van der Waals surface area contributed by atoms with Crippen molar-refractivity contribution < 1.29 is 0 Å². The van der Waals surface area contributed by atoms with E-state index in [1.807, 2.05) is 17.9 Å². The van der Waals surface area contributed by atoms with E-state index in [9.17, 15) is 0 Å². The fourth-order valence-electron chi connectivity index (χ4n) is 1.86. The average Bonchev–Trinajstić information content (AvgIpc) is 2.44. The van der Waals surface area contributed by atoms with Crippen molar-refractivity contribution in [2.75, 3.05) is 6.54 Å². The highest BCUT2D eigenvalue weighted by Gasteiger charge is 2.24. The maximum absolute atomic E-state index is 5.69. The molecular formula is C11H21N3. The van der Waals surface area contributed by atoms with Crippen LogP contribution in [0, 0.1) is 0 Å². The lowest BCUT2D eigenvalue weighted by atomic mass is 9.86. The fraction of sp³-hybridized carbons (Fsp3) is 0.727. The second-order valence-electron chi connectivity index (χ2n) is 4.96. The first-order chi connectivity index (χ1) is 6.38. The van der Waals surface area contributed by atoms with Crippen molar-refractivity contribution in [2.45, 2.75) is 39.0 Å². The molecule has 1 unspecified atom stereocenters. The van der Waals surface area contributed by atoms with Crippen LogP contribution >= 0.6 is 0 Å². The molecule has 0 aliphatic rings. The van der Waals surface area contributed by atoms with E-state index in [1.54, 1.807) is 0 Å². The van der Waals surface area contributed by atoms with Crippen LogP contribution in [0.4, 0.5) is 0 Å². The first-order valence-corrected chi connectivity index (χ1v) is 5.10. The maximum Gasteiger partial charge on any atom is 0.0527 e. The zero-order valence-electron chi connectivity index (χ0n) is 9.83. The summed E-state index contributed by atoms with van der Waals surface area (Å²) in [7, 11) is 1.99. The Labute approximate surface area is 86.3 Å². The molecule has 1 atom stereocenters. The zero-order valence-corrected chi connectivity index (χ0v) is 9.83. The van der Waals surface area contributed by atoms with Crippen molar-refractivity contribution in [1.82, 2.24) is 9.78 Å². The van der Waals surface area contributed by atoms with Crippen LogP contribution in [-0.2, 0) is 12.5 Å². The summed E-state index contributed by atoms with van der Waals surface area (Å²) in [6.45, 7) is 9.44. The normalized spacial score (nSPS) is 14.4. The summed E-state index contributed by atoms with van der Waals surface area (Å²) in [4.78, 5) is 0. The van der Waals surface area contributed by atoms with Gasteiger partial charge >= 0.3 is 0 Å². The quantitative estimate of drug-likeness (QED) is 0.781. The molecule has 0 aromatic carbocycles. The Hall–Kier alpha value is -0.830. The van der Waals surface area contributed by atoms with E-state index in [-0.39, 0.29) is 5.41 Å². The summed E-state index contributed by atoms with van der Waals surface area (Å²) in [6, 6.07) is 0. The summed E-state index contributed by atoms with van der Waals surface area (Å²) >= 11 is 0. The van der Waals surface area contributed by atoms with Gasteiger partial charge in [0, 0.05) is 18.2 Å². The molecule has 0 aliphatic heterocycles. The molecule has 0 amide bonds. The first-order valence-electron chi connectivity index (χ1n) is 5.10. The molecular weight excluding hydrogens is 174 g/mol. The number of hydrogen-bond acceptors (Lipinski definition) is 2. The third-order valence-corrected chi connectivity index (χ3v) is 2.56. The Morgan fingerprint density at radius 1 is 1.50 bits per heavy atom. The van der Waals surface area contributed by atoms with Crippen molar-refractivity contribution in [3.05, 3.63) is 17.5 Å². The minimum absolute atomic E-state index is 0.129. The van der Waals surface area contributed by atoms with Gasteiger partial charge < -0.3 is 5.73 Å². The molecule has 0 aliphatic carbocycles. The smallest absolute Gasteiger partial charge is 0.0527 e. The predicted octanol–water partition coefficient (Wildman–Crippen LogP) is 1.78. The number of nitrogens with zero attached hydrogens (tertiary/aromatic N) is 2. The number of aryl methyl sites for hydroxylation is 1. The van der Waals surface area contributed by atoms with Crippen LogP contribution in [0.1, 0.15) is 44.9 Å². The lowest BCUT2D eigenvalue weighted by Gasteiger charge is -2.23. The van der Waals surface area contributed by atoms with E-state index in [2.05, 4.69) is 32.8 Å². The van der Waals surface area contributed by atoms with Gasteiger partial charge in [0.25, 0.3) is 0 Å². The standard InChI is InChI=1S/C11H21N3/c1-8(6-12)9-7-13-14(5)10(9)11(2,3)4/h7-8H,6,12H2,1-5H3. The molecule has 1 rings (SSSR count). The third-order valence-electron chi connectivity index (χ3n) is 2.56. The molecule has 0 fully saturated rings. The first kappa shape index (κ1) is 11.2. The highest BCUT2D eigenvalue weighted by Crippen LogP contribution is 2.29. The molecule has 2 N–H and O–H groups in total. The molecule has 1 aromatic rings.